The van der Waals surface area contributed by atoms with Gasteiger partial charge in [0.2, 0.25) is 0 Å². The zero-order valence-electron chi connectivity index (χ0n) is 14.3. The molecule has 0 aliphatic carbocycles. The van der Waals surface area contributed by atoms with Crippen molar-refractivity contribution < 1.29 is 18.3 Å². The second-order valence-electron chi connectivity index (χ2n) is 5.22. The summed E-state index contributed by atoms with van der Waals surface area (Å²) in [5.74, 6) is -2.45. The molecule has 1 aromatic rings. The highest BCUT2D eigenvalue weighted by Gasteiger charge is 2.10. The summed E-state index contributed by atoms with van der Waals surface area (Å²) in [4.78, 5) is 10.8. The van der Waals surface area contributed by atoms with Gasteiger partial charge in [0.15, 0.2) is 0 Å². The number of carbonyl (C=O) groups is 1. The Kier molecular flexibility index (Phi) is 7.18. The summed E-state index contributed by atoms with van der Waals surface area (Å²) in [6, 6.07) is 8.13. The van der Waals surface area contributed by atoms with Crippen molar-refractivity contribution in [3.05, 3.63) is 102 Å². The summed E-state index contributed by atoms with van der Waals surface area (Å²) >= 11 is 0. The number of hydrogen-bond donors (Lipinski definition) is 0. The number of ether oxygens (including phenoxy) is 1. The van der Waals surface area contributed by atoms with Crippen LogP contribution in [0.2, 0.25) is 0 Å². The van der Waals surface area contributed by atoms with Gasteiger partial charge >= 0.3 is 5.97 Å². The third kappa shape index (κ3) is 5.84. The Morgan fingerprint density at radius 3 is 2.15 bits per heavy atom. The van der Waals surface area contributed by atoms with E-state index in [2.05, 4.69) is 31.1 Å². The maximum Gasteiger partial charge on any atom is 0.308 e. The third-order valence-electron chi connectivity index (χ3n) is 3.19. The monoisotopic (exact) mass is 353 g/mol. The van der Waals surface area contributed by atoms with Crippen molar-refractivity contribution >= 4 is 11.5 Å². The lowest BCUT2D eigenvalue weighted by atomic mass is 10.0. The van der Waals surface area contributed by atoms with E-state index in [0.29, 0.717) is 11.1 Å². The SMILES string of the molecule is C=C(/C=C(/F)C(=C)C(=C)/C=C(/F)C(=C)c1ccc(C#N)cc1)OC(C)=O. The molecule has 0 aliphatic rings. The fourth-order valence-corrected chi connectivity index (χ4v) is 1.81. The number of rotatable bonds is 7. The molecule has 1 rings (SSSR count). The summed E-state index contributed by atoms with van der Waals surface area (Å²) in [6.07, 6.45) is 1.85. The molecule has 0 radical (unpaired) electrons. The second kappa shape index (κ2) is 9.09. The predicted octanol–water partition coefficient (Wildman–Crippen LogP) is 5.47. The topological polar surface area (TPSA) is 50.1 Å². The molecular weight excluding hydrogens is 336 g/mol. The number of benzene rings is 1. The molecule has 132 valence electrons. The van der Waals surface area contributed by atoms with Crippen LogP contribution in [0.15, 0.2) is 91.3 Å². The molecule has 1 aromatic carbocycles. The number of hydrogen-bond acceptors (Lipinski definition) is 3. The molecule has 0 aromatic heterocycles. The van der Waals surface area contributed by atoms with E-state index >= 15 is 0 Å². The van der Waals surface area contributed by atoms with E-state index in [9.17, 15) is 13.6 Å². The van der Waals surface area contributed by atoms with Gasteiger partial charge in [-0.1, -0.05) is 38.4 Å². The van der Waals surface area contributed by atoms with Crippen LogP contribution in [0, 0.1) is 11.3 Å². The Labute approximate surface area is 151 Å². The minimum Gasteiger partial charge on any atom is -0.427 e. The van der Waals surface area contributed by atoms with Gasteiger partial charge < -0.3 is 4.74 Å². The molecule has 5 heteroatoms. The third-order valence-corrected chi connectivity index (χ3v) is 3.19. The smallest absolute Gasteiger partial charge is 0.308 e. The Morgan fingerprint density at radius 1 is 1.08 bits per heavy atom. The molecule has 0 atom stereocenters. The van der Waals surface area contributed by atoms with Gasteiger partial charge in [0, 0.05) is 24.1 Å². The fourth-order valence-electron chi connectivity index (χ4n) is 1.81. The predicted molar refractivity (Wildman–Crippen MR) is 97.8 cm³/mol. The van der Waals surface area contributed by atoms with Gasteiger partial charge in [-0.2, -0.15) is 5.26 Å². The summed E-state index contributed by atoms with van der Waals surface area (Å²) in [5, 5.41) is 8.77. The molecule has 26 heavy (non-hydrogen) atoms. The van der Waals surface area contributed by atoms with Gasteiger partial charge in [0.1, 0.15) is 17.4 Å². The highest BCUT2D eigenvalue weighted by atomic mass is 19.1. The normalized spacial score (nSPS) is 11.3. The fraction of sp³-hybridized carbons (Fsp3) is 0.0476. The van der Waals surface area contributed by atoms with Crippen LogP contribution in [0.1, 0.15) is 18.1 Å². The maximum absolute atomic E-state index is 14.3. The zero-order chi connectivity index (χ0) is 19.9. The van der Waals surface area contributed by atoms with Crippen LogP contribution < -0.4 is 0 Å². The molecule has 0 unspecified atom stereocenters. The first-order valence-corrected chi connectivity index (χ1v) is 7.35. The molecule has 0 heterocycles. The van der Waals surface area contributed by atoms with Gasteiger partial charge in [0.25, 0.3) is 0 Å². The first-order chi connectivity index (χ1) is 12.1. The lowest BCUT2D eigenvalue weighted by Gasteiger charge is -2.07. The second-order valence-corrected chi connectivity index (χ2v) is 5.22. The van der Waals surface area contributed by atoms with Crippen molar-refractivity contribution in [2.75, 3.05) is 0 Å². The standard InChI is InChI=1S/C21H17F2NO2/c1-13(15(3)21(23)11-14(2)26-17(5)25)10-20(22)16(4)19-8-6-18(12-24)7-9-19/h6-11H,1-4H2,5H3/b20-10+,21-11+. The van der Waals surface area contributed by atoms with Crippen molar-refractivity contribution in [3.63, 3.8) is 0 Å². The quantitative estimate of drug-likeness (QED) is 0.371. The lowest BCUT2D eigenvalue weighted by molar-refractivity contribution is -0.136. The molecule has 0 N–H and O–H groups in total. The maximum atomic E-state index is 14.3. The number of halogens is 2. The molecule has 3 nitrogen and oxygen atoms in total. The minimum atomic E-state index is -0.866. The number of esters is 1. The van der Waals surface area contributed by atoms with Crippen molar-refractivity contribution in [3.8, 4) is 6.07 Å². The van der Waals surface area contributed by atoms with Crippen LogP contribution in [-0.4, -0.2) is 5.97 Å². The average Bonchev–Trinajstić information content (AvgIpc) is 2.59. The van der Waals surface area contributed by atoms with Crippen LogP contribution >= 0.6 is 0 Å². The average molecular weight is 353 g/mol. The van der Waals surface area contributed by atoms with Gasteiger partial charge in [0.05, 0.1) is 11.6 Å². The van der Waals surface area contributed by atoms with E-state index in [0.717, 1.165) is 19.1 Å². The summed E-state index contributed by atoms with van der Waals surface area (Å²) < 4.78 is 33.0. The van der Waals surface area contributed by atoms with Gasteiger partial charge in [-0.25, -0.2) is 8.78 Å². The minimum absolute atomic E-state index is 0.0262. The largest absolute Gasteiger partial charge is 0.427 e. The van der Waals surface area contributed by atoms with E-state index < -0.39 is 17.6 Å². The molecule has 0 fully saturated rings. The van der Waals surface area contributed by atoms with Crippen molar-refractivity contribution in [2.45, 2.75) is 6.92 Å². The first-order valence-electron chi connectivity index (χ1n) is 7.35. The molecular formula is C21H17F2NO2. The number of nitriles is 1. The highest BCUT2D eigenvalue weighted by molar-refractivity contribution is 5.76. The van der Waals surface area contributed by atoms with Crippen molar-refractivity contribution in [2.24, 2.45) is 0 Å². The van der Waals surface area contributed by atoms with E-state index in [1.165, 1.54) is 12.1 Å². The van der Waals surface area contributed by atoms with Crippen LogP contribution in [0.4, 0.5) is 8.78 Å². The summed E-state index contributed by atoms with van der Waals surface area (Å²) in [7, 11) is 0. The molecule has 0 aliphatic heterocycles. The zero-order valence-corrected chi connectivity index (χ0v) is 14.3. The van der Waals surface area contributed by atoms with Crippen LogP contribution in [0.3, 0.4) is 0 Å². The Bertz CT molecular complexity index is 882. The molecule has 0 spiro atoms. The van der Waals surface area contributed by atoms with E-state index in [-0.39, 0.29) is 22.5 Å². The summed E-state index contributed by atoms with van der Waals surface area (Å²) in [5.41, 5.74) is 0.735. The van der Waals surface area contributed by atoms with Gasteiger partial charge in [-0.05, 0) is 29.3 Å². The Morgan fingerprint density at radius 2 is 1.65 bits per heavy atom. The van der Waals surface area contributed by atoms with Crippen molar-refractivity contribution in [1.82, 2.24) is 0 Å². The molecule has 0 saturated heterocycles. The number of carbonyl (C=O) groups excluding carboxylic acids is 1. The number of nitrogens with zero attached hydrogens (tertiary/aromatic N) is 1. The van der Waals surface area contributed by atoms with Crippen LogP contribution in [0.5, 0.6) is 0 Å². The molecule has 0 amide bonds. The lowest BCUT2D eigenvalue weighted by Crippen LogP contribution is -1.96. The van der Waals surface area contributed by atoms with Gasteiger partial charge in [-0.3, -0.25) is 4.79 Å². The van der Waals surface area contributed by atoms with Crippen LogP contribution in [-0.2, 0) is 9.53 Å². The van der Waals surface area contributed by atoms with E-state index in [4.69, 9.17) is 5.26 Å². The molecule has 0 bridgehead atoms. The van der Waals surface area contributed by atoms with E-state index in [1.807, 2.05) is 6.07 Å². The van der Waals surface area contributed by atoms with E-state index in [1.54, 1.807) is 12.1 Å². The Hall–Kier alpha value is -3.52. The number of allylic oxidation sites excluding steroid dienone is 7. The highest BCUT2D eigenvalue weighted by Crippen LogP contribution is 2.27. The summed E-state index contributed by atoms with van der Waals surface area (Å²) in [6.45, 7) is 15.2. The molecule has 0 saturated carbocycles. The van der Waals surface area contributed by atoms with Crippen LogP contribution in [0.25, 0.3) is 5.57 Å². The first kappa shape index (κ1) is 20.5. The van der Waals surface area contributed by atoms with Gasteiger partial charge in [-0.15, -0.1) is 0 Å². The Balaban J connectivity index is 2.91. The van der Waals surface area contributed by atoms with Crippen molar-refractivity contribution in [1.29, 1.82) is 5.26 Å².